The van der Waals surface area contributed by atoms with E-state index >= 15 is 0 Å². The highest BCUT2D eigenvalue weighted by molar-refractivity contribution is 8.00. The fraction of sp³-hybridized carbons (Fsp3) is 0.160. The van der Waals surface area contributed by atoms with E-state index in [0.29, 0.717) is 28.2 Å². The summed E-state index contributed by atoms with van der Waals surface area (Å²) in [6.45, 7) is 0.184. The number of hydrogen-bond donors (Lipinski definition) is 2. The Morgan fingerprint density at radius 3 is 2.49 bits per heavy atom. The van der Waals surface area contributed by atoms with Crippen molar-refractivity contribution >= 4 is 23.4 Å². The van der Waals surface area contributed by atoms with E-state index in [9.17, 15) is 9.18 Å². The van der Waals surface area contributed by atoms with Crippen LogP contribution >= 0.6 is 11.8 Å². The van der Waals surface area contributed by atoms with Gasteiger partial charge in [-0.25, -0.2) is 9.07 Å². The molecule has 3 aromatic carbocycles. The molecule has 0 saturated heterocycles. The van der Waals surface area contributed by atoms with Crippen LogP contribution in [0.1, 0.15) is 17.4 Å². The largest absolute Gasteiger partial charge is 0.497 e. The average Bonchev–Trinajstić information content (AvgIpc) is 3.30. The van der Waals surface area contributed by atoms with Crippen molar-refractivity contribution in [3.63, 3.8) is 0 Å². The highest BCUT2D eigenvalue weighted by Crippen LogP contribution is 2.37. The van der Waals surface area contributed by atoms with Gasteiger partial charge >= 0.3 is 0 Å². The van der Waals surface area contributed by atoms with Crippen LogP contribution in [-0.2, 0) is 11.4 Å². The molecule has 0 radical (unpaired) electrons. The van der Waals surface area contributed by atoms with Crippen molar-refractivity contribution in [2.24, 2.45) is 0 Å². The summed E-state index contributed by atoms with van der Waals surface area (Å²) in [6, 6.07) is 22.1. The Kier molecular flexibility index (Phi) is 6.53. The van der Waals surface area contributed by atoms with E-state index in [-0.39, 0.29) is 18.3 Å². The molecule has 5 rings (SSSR count). The second-order valence-electron chi connectivity index (χ2n) is 7.75. The van der Waals surface area contributed by atoms with Gasteiger partial charge in [0.15, 0.2) is 5.82 Å². The Hall–Kier alpha value is -4.05. The molecular weight excluding hydrogens is 469 g/mol. The third-order valence-electron chi connectivity index (χ3n) is 5.46. The van der Waals surface area contributed by atoms with E-state index in [4.69, 9.17) is 9.47 Å². The summed E-state index contributed by atoms with van der Waals surface area (Å²) in [6.07, 6.45) is 0. The lowest BCUT2D eigenvalue weighted by atomic mass is 10.0. The summed E-state index contributed by atoms with van der Waals surface area (Å²) in [5.74, 6) is 1.38. The molecule has 4 aromatic rings. The van der Waals surface area contributed by atoms with Crippen LogP contribution in [0, 0.1) is 5.82 Å². The molecule has 2 N–H and O–H groups in total. The molecule has 0 aliphatic carbocycles. The highest BCUT2D eigenvalue weighted by Gasteiger charge is 2.38. The average molecular weight is 492 g/mol. The van der Waals surface area contributed by atoms with Gasteiger partial charge in [0.25, 0.3) is 0 Å². The molecule has 0 unspecified atom stereocenters. The summed E-state index contributed by atoms with van der Waals surface area (Å²) in [4.78, 5) is 13.3. The normalized spacial score (nSPS) is 16.6. The molecule has 0 saturated carbocycles. The second-order valence-corrected chi connectivity index (χ2v) is 8.86. The number of carbonyl (C=O) groups is 1. The number of fused-ring (bicyclic) bond motifs is 1. The summed E-state index contributed by atoms with van der Waals surface area (Å²) < 4.78 is 26.4. The fourth-order valence-electron chi connectivity index (χ4n) is 3.66. The van der Waals surface area contributed by atoms with Crippen molar-refractivity contribution in [2.45, 2.75) is 23.1 Å². The molecule has 35 heavy (non-hydrogen) atoms. The smallest absolute Gasteiger partial charge is 0.240 e. The maximum Gasteiger partial charge on any atom is 0.240 e. The fourth-order valence-corrected chi connectivity index (χ4v) is 4.76. The summed E-state index contributed by atoms with van der Waals surface area (Å²) in [5.41, 5.74) is 4.73. The standard InChI is InChI=1S/C25H22FN5O3S/c1-33-19-13-11-18(12-14-19)27-24(32)23-22(16-7-9-17(26)10-8-16)30-31-21(28-29-25(31)35-23)15-34-20-5-3-2-4-6-20/h2-14,22-23,30H,15H2,1H3,(H,27,32)/t22-,23+/m0/s1. The zero-order valence-corrected chi connectivity index (χ0v) is 19.5. The van der Waals surface area contributed by atoms with E-state index in [1.54, 1.807) is 48.2 Å². The van der Waals surface area contributed by atoms with Crippen molar-refractivity contribution in [3.8, 4) is 11.5 Å². The van der Waals surface area contributed by atoms with Gasteiger partial charge in [-0.3, -0.25) is 4.79 Å². The maximum absolute atomic E-state index is 13.6. The number of aromatic nitrogens is 3. The minimum absolute atomic E-state index is 0.184. The van der Waals surface area contributed by atoms with Gasteiger partial charge in [0, 0.05) is 5.69 Å². The van der Waals surface area contributed by atoms with Gasteiger partial charge in [-0.15, -0.1) is 10.2 Å². The number of nitrogens with zero attached hydrogens (tertiary/aromatic N) is 3. The SMILES string of the molecule is COc1ccc(NC(=O)[C@@H]2Sc3nnc(COc4ccccc4)n3N[C@H]2c2ccc(F)cc2)cc1. The Morgan fingerprint density at radius 1 is 1.03 bits per heavy atom. The van der Waals surface area contributed by atoms with Gasteiger partial charge < -0.3 is 20.2 Å². The first-order valence-corrected chi connectivity index (χ1v) is 11.7. The molecular formula is C25H22FN5O3S. The Labute approximate surface area is 205 Å². The molecule has 178 valence electrons. The van der Waals surface area contributed by atoms with Crippen LogP contribution in [0.4, 0.5) is 10.1 Å². The van der Waals surface area contributed by atoms with Crippen LogP contribution in [0.25, 0.3) is 0 Å². The van der Waals surface area contributed by atoms with Crippen LogP contribution in [0.5, 0.6) is 11.5 Å². The summed E-state index contributed by atoms with van der Waals surface area (Å²) >= 11 is 1.28. The Morgan fingerprint density at radius 2 is 1.77 bits per heavy atom. The van der Waals surface area contributed by atoms with Crippen LogP contribution in [0.15, 0.2) is 84.0 Å². The number of rotatable bonds is 7. The first-order chi connectivity index (χ1) is 17.1. The van der Waals surface area contributed by atoms with E-state index in [1.807, 2.05) is 30.3 Å². The number of carbonyl (C=O) groups excluding carboxylic acids is 1. The molecule has 1 aromatic heterocycles. The van der Waals surface area contributed by atoms with E-state index < -0.39 is 11.3 Å². The molecule has 10 heteroatoms. The first-order valence-electron chi connectivity index (χ1n) is 10.9. The predicted octanol–water partition coefficient (Wildman–Crippen LogP) is 4.40. The molecule has 0 bridgehead atoms. The molecule has 8 nitrogen and oxygen atoms in total. The maximum atomic E-state index is 13.6. The number of anilines is 1. The first kappa shape index (κ1) is 22.7. The minimum Gasteiger partial charge on any atom is -0.497 e. The summed E-state index contributed by atoms with van der Waals surface area (Å²) in [7, 11) is 1.58. The predicted molar refractivity (Wildman–Crippen MR) is 131 cm³/mol. The van der Waals surface area contributed by atoms with Crippen molar-refractivity contribution in [3.05, 3.63) is 96.1 Å². The Balaban J connectivity index is 1.40. The van der Waals surface area contributed by atoms with Gasteiger partial charge in [-0.05, 0) is 54.1 Å². The van der Waals surface area contributed by atoms with Gasteiger partial charge in [0.2, 0.25) is 11.1 Å². The molecule has 0 spiro atoms. The number of amides is 1. The quantitative estimate of drug-likeness (QED) is 0.396. The third kappa shape index (κ3) is 5.07. The van der Waals surface area contributed by atoms with Crippen LogP contribution < -0.4 is 20.2 Å². The number of ether oxygens (including phenoxy) is 2. The number of methoxy groups -OCH3 is 1. The van der Waals surface area contributed by atoms with Crippen molar-refractivity contribution < 1.29 is 18.7 Å². The molecule has 0 fully saturated rings. The number of thioether (sulfide) groups is 1. The van der Waals surface area contributed by atoms with E-state index in [0.717, 1.165) is 5.56 Å². The minimum atomic E-state index is -0.595. The third-order valence-corrected chi connectivity index (χ3v) is 6.68. The molecule has 1 aliphatic heterocycles. The zero-order valence-electron chi connectivity index (χ0n) is 18.7. The van der Waals surface area contributed by atoms with Gasteiger partial charge in [-0.1, -0.05) is 42.1 Å². The zero-order chi connectivity index (χ0) is 24.2. The number of halogens is 1. The highest BCUT2D eigenvalue weighted by atomic mass is 32.2. The molecule has 2 heterocycles. The number of benzene rings is 3. The van der Waals surface area contributed by atoms with Crippen molar-refractivity contribution in [1.29, 1.82) is 0 Å². The Bertz CT molecular complexity index is 1300. The number of hydrogen-bond acceptors (Lipinski definition) is 7. The molecule has 2 atom stereocenters. The number of nitrogens with one attached hydrogen (secondary N) is 2. The lowest BCUT2D eigenvalue weighted by Gasteiger charge is -2.33. The topological polar surface area (TPSA) is 90.3 Å². The number of para-hydroxylation sites is 1. The van der Waals surface area contributed by atoms with E-state index in [1.165, 1.54) is 23.9 Å². The second kappa shape index (κ2) is 10.1. The van der Waals surface area contributed by atoms with Crippen LogP contribution in [0.2, 0.25) is 0 Å². The summed E-state index contributed by atoms with van der Waals surface area (Å²) in [5, 5.41) is 11.4. The lowest BCUT2D eigenvalue weighted by Crippen LogP contribution is -2.41. The molecule has 1 amide bonds. The van der Waals surface area contributed by atoms with Crippen molar-refractivity contribution in [1.82, 2.24) is 14.9 Å². The van der Waals surface area contributed by atoms with Gasteiger partial charge in [-0.2, -0.15) is 0 Å². The van der Waals surface area contributed by atoms with Gasteiger partial charge in [0.05, 0.1) is 13.2 Å². The lowest BCUT2D eigenvalue weighted by molar-refractivity contribution is -0.116. The van der Waals surface area contributed by atoms with E-state index in [2.05, 4.69) is 20.9 Å². The van der Waals surface area contributed by atoms with Crippen LogP contribution in [0.3, 0.4) is 0 Å². The molecule has 1 aliphatic rings. The van der Waals surface area contributed by atoms with Crippen LogP contribution in [-0.4, -0.2) is 33.1 Å². The van der Waals surface area contributed by atoms with Crippen molar-refractivity contribution in [2.75, 3.05) is 17.9 Å². The van der Waals surface area contributed by atoms with Gasteiger partial charge in [0.1, 0.15) is 29.2 Å². The monoisotopic (exact) mass is 491 g/mol.